The number of hydrogen-bond donors (Lipinski definition) is 1. The lowest BCUT2D eigenvalue weighted by Gasteiger charge is -2.05. The fraction of sp³-hybridized carbons (Fsp3) is 0. The molecule has 0 spiro atoms. The summed E-state index contributed by atoms with van der Waals surface area (Å²) in [5, 5.41) is 4.24. The van der Waals surface area contributed by atoms with E-state index in [0.29, 0.717) is 5.82 Å². The number of anilines is 1. The first-order chi connectivity index (χ1) is 9.34. The average molecular weight is 266 g/mol. The minimum atomic E-state index is 0.476. The number of pyridine rings is 1. The van der Waals surface area contributed by atoms with Gasteiger partial charge in [0.05, 0.1) is 11.0 Å². The fourth-order valence-corrected chi connectivity index (χ4v) is 3.03. The van der Waals surface area contributed by atoms with Crippen LogP contribution >= 0.6 is 11.3 Å². The molecular formula is C14H10N4S. The van der Waals surface area contributed by atoms with Crippen molar-refractivity contribution in [2.24, 2.45) is 0 Å². The summed E-state index contributed by atoms with van der Waals surface area (Å²) in [5.74, 6) is 0.476. The molecule has 0 unspecified atom stereocenters. The van der Waals surface area contributed by atoms with Crippen LogP contribution in [0.1, 0.15) is 0 Å². The number of thiophene rings is 1. The Balaban J connectivity index is 2.22. The van der Waals surface area contributed by atoms with Gasteiger partial charge in [-0.3, -0.25) is 4.57 Å². The summed E-state index contributed by atoms with van der Waals surface area (Å²) >= 11 is 1.67. The van der Waals surface area contributed by atoms with Gasteiger partial charge in [-0.2, -0.15) is 0 Å². The molecule has 0 saturated carbocycles. The number of aromatic nitrogens is 3. The molecule has 4 nitrogen and oxygen atoms in total. The molecule has 4 rings (SSSR count). The van der Waals surface area contributed by atoms with E-state index in [2.05, 4.69) is 26.7 Å². The van der Waals surface area contributed by atoms with Gasteiger partial charge in [0.15, 0.2) is 5.82 Å². The summed E-state index contributed by atoms with van der Waals surface area (Å²) in [6, 6.07) is 12.1. The van der Waals surface area contributed by atoms with Gasteiger partial charge < -0.3 is 5.73 Å². The average Bonchev–Trinajstić information content (AvgIpc) is 3.08. The first-order valence-corrected chi connectivity index (χ1v) is 6.78. The van der Waals surface area contributed by atoms with Crippen molar-refractivity contribution < 1.29 is 0 Å². The van der Waals surface area contributed by atoms with Crippen molar-refractivity contribution in [1.29, 1.82) is 0 Å². The van der Waals surface area contributed by atoms with E-state index in [1.807, 2.05) is 29.6 Å². The quantitative estimate of drug-likeness (QED) is 0.575. The molecule has 92 valence electrons. The van der Waals surface area contributed by atoms with Crippen molar-refractivity contribution >= 4 is 39.1 Å². The van der Waals surface area contributed by atoms with Crippen LogP contribution in [0.2, 0.25) is 0 Å². The van der Waals surface area contributed by atoms with Gasteiger partial charge in [-0.15, -0.1) is 11.3 Å². The van der Waals surface area contributed by atoms with E-state index < -0.39 is 0 Å². The van der Waals surface area contributed by atoms with Crippen molar-refractivity contribution in [3.8, 4) is 5.00 Å². The predicted octanol–water partition coefficient (Wildman–Crippen LogP) is 3.22. The van der Waals surface area contributed by atoms with Crippen LogP contribution in [0.4, 0.5) is 5.82 Å². The Morgan fingerprint density at radius 3 is 2.84 bits per heavy atom. The normalized spacial score (nSPS) is 11.4. The lowest BCUT2D eigenvalue weighted by atomic mass is 10.2. The maximum Gasteiger partial charge on any atom is 0.152 e. The van der Waals surface area contributed by atoms with E-state index in [-0.39, 0.29) is 0 Å². The summed E-state index contributed by atoms with van der Waals surface area (Å²) in [7, 11) is 0. The van der Waals surface area contributed by atoms with Crippen LogP contribution in [0.3, 0.4) is 0 Å². The Kier molecular flexibility index (Phi) is 2.10. The first kappa shape index (κ1) is 10.5. The van der Waals surface area contributed by atoms with Crippen LogP contribution in [-0.4, -0.2) is 14.5 Å². The molecule has 1 aromatic carbocycles. The van der Waals surface area contributed by atoms with Crippen LogP contribution in [0.5, 0.6) is 0 Å². The number of rotatable bonds is 1. The first-order valence-electron chi connectivity index (χ1n) is 5.90. The van der Waals surface area contributed by atoms with E-state index >= 15 is 0 Å². The van der Waals surface area contributed by atoms with Crippen molar-refractivity contribution in [3.63, 3.8) is 0 Å². The maximum absolute atomic E-state index is 6.01. The van der Waals surface area contributed by atoms with Gasteiger partial charge in [-0.25, -0.2) is 9.97 Å². The van der Waals surface area contributed by atoms with Gasteiger partial charge >= 0.3 is 0 Å². The second-order valence-corrected chi connectivity index (χ2v) is 5.20. The zero-order valence-corrected chi connectivity index (χ0v) is 10.8. The maximum atomic E-state index is 6.01. The van der Waals surface area contributed by atoms with Crippen LogP contribution in [0, 0.1) is 0 Å². The van der Waals surface area contributed by atoms with Gasteiger partial charge in [0.25, 0.3) is 0 Å². The molecule has 0 aliphatic heterocycles. The lowest BCUT2D eigenvalue weighted by molar-refractivity contribution is 1.13. The highest BCUT2D eigenvalue weighted by Gasteiger charge is 2.13. The third kappa shape index (κ3) is 1.45. The Labute approximate surface area is 113 Å². The van der Waals surface area contributed by atoms with Crippen molar-refractivity contribution in [3.05, 3.63) is 48.1 Å². The number of para-hydroxylation sites is 1. The lowest BCUT2D eigenvalue weighted by Crippen LogP contribution is -1.95. The van der Waals surface area contributed by atoms with Gasteiger partial charge in [-0.1, -0.05) is 18.2 Å². The molecule has 0 atom stereocenters. The van der Waals surface area contributed by atoms with Crippen LogP contribution in [0.15, 0.2) is 48.1 Å². The monoisotopic (exact) mass is 266 g/mol. The number of nitrogens with zero attached hydrogens (tertiary/aromatic N) is 3. The van der Waals surface area contributed by atoms with Gasteiger partial charge in [0.1, 0.15) is 16.8 Å². The topological polar surface area (TPSA) is 56.7 Å². The Morgan fingerprint density at radius 2 is 2.00 bits per heavy atom. The molecule has 3 heterocycles. The summed E-state index contributed by atoms with van der Waals surface area (Å²) in [6.45, 7) is 0. The standard InChI is InChI=1S/C14H10N4S/c15-14-12-13(9-4-1-2-5-10(9)17-14)18(8-16-12)11-6-3-7-19-11/h1-8H,(H2,15,17). The molecule has 0 radical (unpaired) electrons. The Hall–Kier alpha value is -2.40. The number of fused-ring (bicyclic) bond motifs is 3. The van der Waals surface area contributed by atoms with Crippen molar-refractivity contribution in [1.82, 2.24) is 14.5 Å². The number of imidazole rings is 1. The van der Waals surface area contributed by atoms with E-state index in [1.54, 1.807) is 17.7 Å². The molecule has 0 aliphatic rings. The third-order valence-electron chi connectivity index (χ3n) is 3.15. The summed E-state index contributed by atoms with van der Waals surface area (Å²) in [6.07, 6.45) is 1.81. The highest BCUT2D eigenvalue weighted by molar-refractivity contribution is 7.12. The minimum Gasteiger partial charge on any atom is -0.382 e. The van der Waals surface area contributed by atoms with E-state index in [0.717, 1.165) is 26.9 Å². The number of benzene rings is 1. The van der Waals surface area contributed by atoms with Gasteiger partial charge in [-0.05, 0) is 23.6 Å². The fourth-order valence-electron chi connectivity index (χ4n) is 2.32. The molecule has 0 fully saturated rings. The second-order valence-electron chi connectivity index (χ2n) is 4.28. The SMILES string of the molecule is Nc1nc2ccccc2c2c1ncn2-c1cccs1. The number of nitrogens with two attached hydrogens (primary N) is 1. The molecule has 3 aromatic heterocycles. The van der Waals surface area contributed by atoms with E-state index in [4.69, 9.17) is 5.73 Å². The molecular weight excluding hydrogens is 256 g/mol. The smallest absolute Gasteiger partial charge is 0.152 e. The van der Waals surface area contributed by atoms with Crippen molar-refractivity contribution in [2.45, 2.75) is 0 Å². The molecule has 0 saturated heterocycles. The van der Waals surface area contributed by atoms with Crippen LogP contribution < -0.4 is 5.73 Å². The number of nitrogen functional groups attached to an aromatic ring is 1. The number of hydrogen-bond acceptors (Lipinski definition) is 4. The van der Waals surface area contributed by atoms with Crippen LogP contribution in [-0.2, 0) is 0 Å². The summed E-state index contributed by atoms with van der Waals surface area (Å²) in [4.78, 5) is 8.81. The minimum absolute atomic E-state index is 0.476. The Morgan fingerprint density at radius 1 is 1.11 bits per heavy atom. The molecule has 5 heteroatoms. The zero-order chi connectivity index (χ0) is 12.8. The van der Waals surface area contributed by atoms with E-state index in [1.165, 1.54) is 0 Å². The Bertz CT molecular complexity index is 877. The molecule has 0 aliphatic carbocycles. The van der Waals surface area contributed by atoms with Gasteiger partial charge in [0.2, 0.25) is 0 Å². The highest BCUT2D eigenvalue weighted by Crippen LogP contribution is 2.30. The zero-order valence-electron chi connectivity index (χ0n) is 9.95. The van der Waals surface area contributed by atoms with E-state index in [9.17, 15) is 0 Å². The molecule has 19 heavy (non-hydrogen) atoms. The molecule has 4 aromatic rings. The third-order valence-corrected chi connectivity index (χ3v) is 4.02. The summed E-state index contributed by atoms with van der Waals surface area (Å²) in [5.41, 5.74) is 8.68. The summed E-state index contributed by atoms with van der Waals surface area (Å²) < 4.78 is 2.07. The highest BCUT2D eigenvalue weighted by atomic mass is 32.1. The van der Waals surface area contributed by atoms with Crippen molar-refractivity contribution in [2.75, 3.05) is 5.73 Å². The van der Waals surface area contributed by atoms with Gasteiger partial charge in [0, 0.05) is 5.39 Å². The van der Waals surface area contributed by atoms with Crippen LogP contribution in [0.25, 0.3) is 26.9 Å². The largest absolute Gasteiger partial charge is 0.382 e. The second kappa shape index (κ2) is 3.80. The predicted molar refractivity (Wildman–Crippen MR) is 78.7 cm³/mol. The molecule has 0 bridgehead atoms. The molecule has 0 amide bonds. The molecule has 2 N–H and O–H groups in total.